The number of likely N-dealkylation sites (tertiary alicyclic amines) is 1. The maximum atomic E-state index is 12.9. The molecule has 0 aliphatic carbocycles. The fourth-order valence-corrected chi connectivity index (χ4v) is 5.83. The normalized spacial score (nSPS) is 14.9. The molecule has 0 saturated carbocycles. The summed E-state index contributed by atoms with van der Waals surface area (Å²) in [4.78, 5) is 32.2. The molecule has 2 aromatic carbocycles. The third-order valence-electron chi connectivity index (χ3n) is 6.77. The Bertz CT molecular complexity index is 1380. The van der Waals surface area contributed by atoms with Crippen LogP contribution in [-0.2, 0) is 11.2 Å². The number of thiazole rings is 1. The number of aryl methyl sites for hydroxylation is 2. The molecule has 7 heteroatoms. The van der Waals surface area contributed by atoms with E-state index in [0.717, 1.165) is 34.3 Å². The molecule has 3 heterocycles. The van der Waals surface area contributed by atoms with Gasteiger partial charge in [-0.25, -0.2) is 9.78 Å². The highest BCUT2D eigenvalue weighted by Gasteiger charge is 2.26. The Labute approximate surface area is 195 Å². The summed E-state index contributed by atoms with van der Waals surface area (Å²) in [6.07, 6.45) is 2.44. The van der Waals surface area contributed by atoms with Crippen LogP contribution in [0.2, 0.25) is 0 Å². The van der Waals surface area contributed by atoms with Gasteiger partial charge in [0, 0.05) is 41.9 Å². The van der Waals surface area contributed by atoms with Crippen LogP contribution >= 0.6 is 11.3 Å². The number of rotatable bonds is 4. The van der Waals surface area contributed by atoms with Gasteiger partial charge >= 0.3 is 5.63 Å². The third kappa shape index (κ3) is 4.02. The van der Waals surface area contributed by atoms with Crippen LogP contribution in [0, 0.1) is 13.8 Å². The smallest absolute Gasteiger partial charge is 0.339 e. The maximum absolute atomic E-state index is 12.9. The highest BCUT2D eigenvalue weighted by atomic mass is 32.1. The molecule has 0 radical (unpaired) electrons. The number of aromatic nitrogens is 1. The predicted octanol–water partition coefficient (Wildman–Crippen LogP) is 5.06. The lowest BCUT2D eigenvalue weighted by atomic mass is 9.96. The average Bonchev–Trinajstić information content (AvgIpc) is 3.26. The van der Waals surface area contributed by atoms with Crippen molar-refractivity contribution in [1.82, 2.24) is 9.88 Å². The monoisotopic (exact) mass is 462 g/mol. The van der Waals surface area contributed by atoms with Gasteiger partial charge in [-0.2, -0.15) is 0 Å². The molecule has 4 aromatic rings. The summed E-state index contributed by atoms with van der Waals surface area (Å²) < 4.78 is 6.71. The first-order valence-corrected chi connectivity index (χ1v) is 12.1. The molecule has 1 aliphatic heterocycles. The van der Waals surface area contributed by atoms with E-state index in [9.17, 15) is 14.7 Å². The minimum absolute atomic E-state index is 0.0681. The Balaban J connectivity index is 1.24. The standard InChI is InChI=1S/C26H26N2O4S/c1-15-18-7-9-21(29)16(2)24(18)32-26(31)19(15)8-10-23(30)28-13-11-17(12-14-28)25-27-20-5-3-4-6-22(20)33-25/h3-7,9,17,29H,8,10-14H2,1-2H3. The molecule has 1 N–H and O–H groups in total. The number of phenols is 1. The average molecular weight is 463 g/mol. The quantitative estimate of drug-likeness (QED) is 0.429. The third-order valence-corrected chi connectivity index (χ3v) is 7.97. The minimum Gasteiger partial charge on any atom is -0.508 e. The van der Waals surface area contributed by atoms with Gasteiger partial charge in [0.25, 0.3) is 0 Å². The first-order valence-electron chi connectivity index (χ1n) is 11.3. The summed E-state index contributed by atoms with van der Waals surface area (Å²) in [7, 11) is 0. The number of carbonyl (C=O) groups is 1. The molecule has 1 saturated heterocycles. The molecule has 1 aliphatic rings. The van der Waals surface area contributed by atoms with Gasteiger partial charge in [-0.05, 0) is 62.9 Å². The maximum Gasteiger partial charge on any atom is 0.339 e. The van der Waals surface area contributed by atoms with Crippen LogP contribution in [0.1, 0.15) is 46.9 Å². The Hall–Kier alpha value is -3.19. The molecule has 1 fully saturated rings. The van der Waals surface area contributed by atoms with Gasteiger partial charge < -0.3 is 14.4 Å². The van der Waals surface area contributed by atoms with E-state index in [1.807, 2.05) is 30.0 Å². The van der Waals surface area contributed by atoms with E-state index in [4.69, 9.17) is 9.40 Å². The topological polar surface area (TPSA) is 83.6 Å². The zero-order valence-electron chi connectivity index (χ0n) is 18.8. The summed E-state index contributed by atoms with van der Waals surface area (Å²) in [6, 6.07) is 11.6. The number of aromatic hydroxyl groups is 1. The summed E-state index contributed by atoms with van der Waals surface area (Å²) in [6.45, 7) is 5.02. The zero-order valence-corrected chi connectivity index (χ0v) is 19.6. The lowest BCUT2D eigenvalue weighted by Gasteiger charge is -2.31. The molecular weight excluding hydrogens is 436 g/mol. The number of para-hydroxylation sites is 1. The summed E-state index contributed by atoms with van der Waals surface area (Å²) in [5.41, 5.74) is 2.91. The Morgan fingerprint density at radius 3 is 2.67 bits per heavy atom. The molecule has 33 heavy (non-hydrogen) atoms. The highest BCUT2D eigenvalue weighted by Crippen LogP contribution is 2.34. The number of hydrogen-bond donors (Lipinski definition) is 1. The summed E-state index contributed by atoms with van der Waals surface area (Å²) in [5.74, 6) is 0.557. The zero-order chi connectivity index (χ0) is 23.1. The van der Waals surface area contributed by atoms with Gasteiger partial charge in [-0.3, -0.25) is 4.79 Å². The van der Waals surface area contributed by atoms with Crippen molar-refractivity contribution in [2.45, 2.75) is 45.4 Å². The molecular formula is C26H26N2O4S. The molecule has 2 aromatic heterocycles. The highest BCUT2D eigenvalue weighted by molar-refractivity contribution is 7.18. The molecule has 0 atom stereocenters. The lowest BCUT2D eigenvalue weighted by Crippen LogP contribution is -2.38. The van der Waals surface area contributed by atoms with Gasteiger partial charge in [0.15, 0.2) is 0 Å². The van der Waals surface area contributed by atoms with E-state index >= 15 is 0 Å². The number of carbonyl (C=O) groups excluding carboxylic acids is 1. The SMILES string of the molecule is Cc1c(CCC(=O)N2CCC(c3nc4ccccc4s3)CC2)c(=O)oc2c(C)c(O)ccc12. The second kappa shape index (κ2) is 8.63. The van der Waals surface area contributed by atoms with Crippen LogP contribution in [0.5, 0.6) is 5.75 Å². The summed E-state index contributed by atoms with van der Waals surface area (Å²) in [5, 5.41) is 11.9. The van der Waals surface area contributed by atoms with E-state index in [-0.39, 0.29) is 18.1 Å². The fourth-order valence-electron chi connectivity index (χ4n) is 4.70. The van der Waals surface area contributed by atoms with Crippen molar-refractivity contribution >= 4 is 38.4 Å². The Morgan fingerprint density at radius 2 is 1.91 bits per heavy atom. The van der Waals surface area contributed by atoms with Crippen LogP contribution in [0.15, 0.2) is 45.6 Å². The molecule has 0 unspecified atom stereocenters. The van der Waals surface area contributed by atoms with Crippen molar-refractivity contribution < 1.29 is 14.3 Å². The Morgan fingerprint density at radius 1 is 1.15 bits per heavy atom. The molecule has 1 amide bonds. The molecule has 170 valence electrons. The second-order valence-electron chi connectivity index (χ2n) is 8.75. The van der Waals surface area contributed by atoms with Gasteiger partial charge in [0.2, 0.25) is 5.91 Å². The van der Waals surface area contributed by atoms with E-state index in [1.54, 1.807) is 30.4 Å². The van der Waals surface area contributed by atoms with Crippen LogP contribution in [0.25, 0.3) is 21.2 Å². The van der Waals surface area contributed by atoms with E-state index in [0.29, 0.717) is 42.1 Å². The van der Waals surface area contributed by atoms with Crippen LogP contribution in [0.3, 0.4) is 0 Å². The second-order valence-corrected chi connectivity index (χ2v) is 9.82. The van der Waals surface area contributed by atoms with Crippen molar-refractivity contribution in [2.75, 3.05) is 13.1 Å². The minimum atomic E-state index is -0.434. The van der Waals surface area contributed by atoms with Crippen LogP contribution in [0.4, 0.5) is 0 Å². The molecule has 0 bridgehead atoms. The van der Waals surface area contributed by atoms with Gasteiger partial charge in [-0.15, -0.1) is 11.3 Å². The van der Waals surface area contributed by atoms with E-state index in [1.165, 1.54) is 4.70 Å². The van der Waals surface area contributed by atoms with Gasteiger partial charge in [0.1, 0.15) is 11.3 Å². The van der Waals surface area contributed by atoms with Gasteiger partial charge in [-0.1, -0.05) is 12.1 Å². The molecule has 6 nitrogen and oxygen atoms in total. The van der Waals surface area contributed by atoms with Crippen molar-refractivity contribution in [1.29, 1.82) is 0 Å². The Kier molecular flexibility index (Phi) is 5.66. The van der Waals surface area contributed by atoms with Crippen molar-refractivity contribution in [3.63, 3.8) is 0 Å². The van der Waals surface area contributed by atoms with E-state index < -0.39 is 5.63 Å². The number of phenolic OH excluding ortho intramolecular Hbond substituents is 1. The molecule has 0 spiro atoms. The number of piperidine rings is 1. The number of nitrogens with zero attached hydrogens (tertiary/aromatic N) is 2. The number of benzene rings is 2. The largest absolute Gasteiger partial charge is 0.508 e. The lowest BCUT2D eigenvalue weighted by molar-refractivity contribution is -0.132. The first kappa shape index (κ1) is 21.6. The molecule has 5 rings (SSSR count). The number of amides is 1. The van der Waals surface area contributed by atoms with Crippen molar-refractivity contribution in [2.24, 2.45) is 0 Å². The van der Waals surface area contributed by atoms with Crippen molar-refractivity contribution in [3.8, 4) is 5.75 Å². The fraction of sp³-hybridized carbons (Fsp3) is 0.346. The first-order chi connectivity index (χ1) is 15.9. The number of fused-ring (bicyclic) bond motifs is 2. The van der Waals surface area contributed by atoms with Crippen LogP contribution < -0.4 is 5.63 Å². The van der Waals surface area contributed by atoms with Gasteiger partial charge in [0.05, 0.1) is 15.2 Å². The predicted molar refractivity (Wildman–Crippen MR) is 130 cm³/mol. The number of hydrogen-bond acceptors (Lipinski definition) is 6. The van der Waals surface area contributed by atoms with Crippen molar-refractivity contribution in [3.05, 3.63) is 68.5 Å². The summed E-state index contributed by atoms with van der Waals surface area (Å²) >= 11 is 1.75. The van der Waals surface area contributed by atoms with E-state index in [2.05, 4.69) is 6.07 Å². The van der Waals surface area contributed by atoms with Crippen LogP contribution in [-0.4, -0.2) is 34.0 Å².